The minimum Gasteiger partial charge on any atom is -0.468 e. The first-order valence-corrected chi connectivity index (χ1v) is 8.76. The van der Waals surface area contributed by atoms with Crippen LogP contribution in [0.2, 0.25) is 0 Å². The first kappa shape index (κ1) is 15.1. The second-order valence-corrected chi connectivity index (χ2v) is 7.13. The van der Waals surface area contributed by atoms with E-state index >= 15 is 0 Å². The molecule has 0 aromatic carbocycles. The predicted molar refractivity (Wildman–Crippen MR) is 86.1 cm³/mol. The molecule has 0 radical (unpaired) electrons. The van der Waals surface area contributed by atoms with E-state index in [1.165, 1.54) is 56.4 Å². The van der Waals surface area contributed by atoms with Crippen molar-refractivity contribution in [1.82, 2.24) is 10.2 Å². The number of hydrogen-bond acceptors (Lipinski definition) is 3. The molecule has 2 heterocycles. The van der Waals surface area contributed by atoms with Crippen molar-refractivity contribution in [2.75, 3.05) is 6.54 Å². The van der Waals surface area contributed by atoms with Gasteiger partial charge in [-0.05, 0) is 44.2 Å². The smallest absolute Gasteiger partial charge is 0.122 e. The van der Waals surface area contributed by atoms with Gasteiger partial charge in [0.2, 0.25) is 0 Å². The van der Waals surface area contributed by atoms with Gasteiger partial charge in [-0.25, -0.2) is 0 Å². The van der Waals surface area contributed by atoms with Crippen molar-refractivity contribution < 1.29 is 4.42 Å². The number of nitrogens with one attached hydrogen (secondary N) is 1. The molecule has 1 N–H and O–H groups in total. The maximum Gasteiger partial charge on any atom is 0.122 e. The van der Waals surface area contributed by atoms with Crippen LogP contribution in [0.25, 0.3) is 0 Å². The summed E-state index contributed by atoms with van der Waals surface area (Å²) in [7, 11) is 0. The molecule has 2 aliphatic rings. The molecule has 118 valence electrons. The van der Waals surface area contributed by atoms with Crippen LogP contribution in [0.5, 0.6) is 0 Å². The van der Waals surface area contributed by atoms with E-state index < -0.39 is 0 Å². The number of fused-ring (bicyclic) bond motifs is 1. The minimum atomic E-state index is 0.519. The standard InChI is InChI=1S/C18H30N2O/c1-14(2)19-12-16-9-11-21-18(16)13-20-10-5-7-15-6-3-4-8-17(15)20/h9,11,14-15,17,19H,3-8,10,12-13H2,1-2H3/t15-,17-/m1/s1. The number of furan rings is 1. The van der Waals surface area contributed by atoms with E-state index in [1.807, 2.05) is 6.26 Å². The maximum absolute atomic E-state index is 5.80. The van der Waals surface area contributed by atoms with E-state index in [4.69, 9.17) is 4.42 Å². The van der Waals surface area contributed by atoms with Crippen molar-refractivity contribution in [3.8, 4) is 0 Å². The van der Waals surface area contributed by atoms with Gasteiger partial charge >= 0.3 is 0 Å². The molecule has 2 fully saturated rings. The topological polar surface area (TPSA) is 28.4 Å². The van der Waals surface area contributed by atoms with Crippen molar-refractivity contribution >= 4 is 0 Å². The summed E-state index contributed by atoms with van der Waals surface area (Å²) in [5.41, 5.74) is 1.33. The highest BCUT2D eigenvalue weighted by molar-refractivity contribution is 5.17. The van der Waals surface area contributed by atoms with E-state index in [1.54, 1.807) is 0 Å². The van der Waals surface area contributed by atoms with E-state index in [0.29, 0.717) is 6.04 Å². The van der Waals surface area contributed by atoms with Crippen LogP contribution in [0.4, 0.5) is 0 Å². The third-order valence-electron chi connectivity index (χ3n) is 5.24. The fraction of sp³-hybridized carbons (Fsp3) is 0.778. The van der Waals surface area contributed by atoms with Crippen LogP contribution in [0, 0.1) is 5.92 Å². The summed E-state index contributed by atoms with van der Waals surface area (Å²) >= 11 is 0. The van der Waals surface area contributed by atoms with E-state index in [2.05, 4.69) is 30.1 Å². The second-order valence-electron chi connectivity index (χ2n) is 7.13. The van der Waals surface area contributed by atoms with E-state index in [0.717, 1.165) is 25.0 Å². The molecule has 3 rings (SSSR count). The van der Waals surface area contributed by atoms with Gasteiger partial charge in [0.05, 0.1) is 12.8 Å². The molecule has 1 aromatic rings. The normalized spacial score (nSPS) is 27.0. The summed E-state index contributed by atoms with van der Waals surface area (Å²) in [4.78, 5) is 2.70. The first-order chi connectivity index (χ1) is 10.2. The van der Waals surface area contributed by atoms with Crippen molar-refractivity contribution in [2.45, 2.75) is 77.5 Å². The van der Waals surface area contributed by atoms with Gasteiger partial charge in [0.1, 0.15) is 5.76 Å². The van der Waals surface area contributed by atoms with Crippen molar-refractivity contribution in [2.24, 2.45) is 5.92 Å². The third kappa shape index (κ3) is 3.70. The van der Waals surface area contributed by atoms with Gasteiger partial charge in [-0.2, -0.15) is 0 Å². The number of nitrogens with zero attached hydrogens (tertiary/aromatic N) is 1. The zero-order valence-electron chi connectivity index (χ0n) is 13.6. The van der Waals surface area contributed by atoms with Crippen molar-refractivity contribution in [3.63, 3.8) is 0 Å². The lowest BCUT2D eigenvalue weighted by Crippen LogP contribution is -2.46. The lowest BCUT2D eigenvalue weighted by Gasteiger charge is -2.44. The van der Waals surface area contributed by atoms with Crippen LogP contribution in [0.3, 0.4) is 0 Å². The molecule has 1 saturated heterocycles. The Kier molecular flexibility index (Phi) is 5.02. The zero-order chi connectivity index (χ0) is 14.7. The zero-order valence-corrected chi connectivity index (χ0v) is 13.6. The van der Waals surface area contributed by atoms with Gasteiger partial charge < -0.3 is 9.73 Å². The van der Waals surface area contributed by atoms with Crippen LogP contribution in [-0.4, -0.2) is 23.5 Å². The molecular weight excluding hydrogens is 260 g/mol. The summed E-state index contributed by atoms with van der Waals surface area (Å²) in [6.45, 7) is 7.56. The number of likely N-dealkylation sites (tertiary alicyclic amines) is 1. The average Bonchev–Trinajstić information content (AvgIpc) is 2.93. The molecule has 0 unspecified atom stereocenters. The van der Waals surface area contributed by atoms with Gasteiger partial charge in [0.25, 0.3) is 0 Å². The number of piperidine rings is 1. The largest absolute Gasteiger partial charge is 0.468 e. The lowest BCUT2D eigenvalue weighted by atomic mass is 9.78. The highest BCUT2D eigenvalue weighted by Crippen LogP contribution is 2.36. The van der Waals surface area contributed by atoms with E-state index in [-0.39, 0.29) is 0 Å². The van der Waals surface area contributed by atoms with Gasteiger partial charge in [-0.15, -0.1) is 0 Å². The Morgan fingerprint density at radius 1 is 1.24 bits per heavy atom. The Morgan fingerprint density at radius 3 is 2.90 bits per heavy atom. The van der Waals surface area contributed by atoms with Crippen LogP contribution in [0.15, 0.2) is 16.7 Å². The van der Waals surface area contributed by atoms with Gasteiger partial charge in [0, 0.05) is 24.2 Å². The molecule has 3 nitrogen and oxygen atoms in total. The molecule has 1 saturated carbocycles. The minimum absolute atomic E-state index is 0.519. The summed E-state index contributed by atoms with van der Waals surface area (Å²) in [5.74, 6) is 2.12. The maximum atomic E-state index is 5.80. The average molecular weight is 290 g/mol. The van der Waals surface area contributed by atoms with Gasteiger partial charge in [-0.3, -0.25) is 4.90 Å². The second kappa shape index (κ2) is 6.97. The number of hydrogen-bond donors (Lipinski definition) is 1. The highest BCUT2D eigenvalue weighted by atomic mass is 16.3. The van der Waals surface area contributed by atoms with E-state index in [9.17, 15) is 0 Å². The molecule has 2 atom stereocenters. The van der Waals surface area contributed by atoms with Crippen molar-refractivity contribution in [1.29, 1.82) is 0 Å². The van der Waals surface area contributed by atoms with Crippen molar-refractivity contribution in [3.05, 3.63) is 23.7 Å². The Labute approximate surface area is 129 Å². The van der Waals surface area contributed by atoms with Gasteiger partial charge in [0.15, 0.2) is 0 Å². The Hall–Kier alpha value is -0.800. The fourth-order valence-corrected chi connectivity index (χ4v) is 4.09. The summed E-state index contributed by atoms with van der Waals surface area (Å²) < 4.78 is 5.80. The van der Waals surface area contributed by atoms with Crippen LogP contribution in [0.1, 0.15) is 63.7 Å². The molecule has 0 spiro atoms. The molecule has 1 aliphatic carbocycles. The molecular formula is C18H30N2O. The fourth-order valence-electron chi connectivity index (χ4n) is 4.09. The summed E-state index contributed by atoms with van der Waals surface area (Å²) in [6.07, 6.45) is 10.4. The molecule has 0 bridgehead atoms. The van der Waals surface area contributed by atoms with Gasteiger partial charge in [-0.1, -0.05) is 26.7 Å². The Bertz CT molecular complexity index is 438. The quantitative estimate of drug-likeness (QED) is 0.890. The van der Waals surface area contributed by atoms with Crippen LogP contribution < -0.4 is 5.32 Å². The SMILES string of the molecule is CC(C)NCc1ccoc1CN1CCC[C@H]2CCCC[C@H]21. The summed E-state index contributed by atoms with van der Waals surface area (Å²) in [5, 5.41) is 3.50. The van der Waals surface area contributed by atoms with Crippen LogP contribution >= 0.6 is 0 Å². The Morgan fingerprint density at radius 2 is 2.05 bits per heavy atom. The Balaban J connectivity index is 1.64. The number of rotatable bonds is 5. The lowest BCUT2D eigenvalue weighted by molar-refractivity contribution is 0.0492. The monoisotopic (exact) mass is 290 g/mol. The molecule has 1 aromatic heterocycles. The first-order valence-electron chi connectivity index (χ1n) is 8.76. The molecule has 21 heavy (non-hydrogen) atoms. The predicted octanol–water partition coefficient (Wildman–Crippen LogP) is 3.93. The highest BCUT2D eigenvalue weighted by Gasteiger charge is 2.33. The molecule has 1 aliphatic heterocycles. The van der Waals surface area contributed by atoms with Crippen LogP contribution in [-0.2, 0) is 13.1 Å². The summed E-state index contributed by atoms with van der Waals surface area (Å²) in [6, 6.07) is 3.46. The molecule has 0 amide bonds. The third-order valence-corrected chi connectivity index (χ3v) is 5.24. The molecule has 3 heteroatoms.